The largest absolute Gasteiger partial charge is 0.480 e. The number of hydrogen-bond donors (Lipinski definition) is 2. The number of pyridine rings is 1. The molecule has 1 atom stereocenters. The Bertz CT molecular complexity index is 1450. The minimum Gasteiger partial charge on any atom is -0.480 e. The third-order valence-electron chi connectivity index (χ3n) is 5.42. The van der Waals surface area contributed by atoms with Gasteiger partial charge in [0.2, 0.25) is 5.88 Å². The van der Waals surface area contributed by atoms with E-state index in [1.807, 2.05) is 0 Å². The molecule has 0 bridgehead atoms. The molecular weight excluding hydrogens is 568 g/mol. The number of hydrogen-bond acceptors (Lipinski definition) is 7. The fourth-order valence-electron chi connectivity index (χ4n) is 3.68. The summed E-state index contributed by atoms with van der Waals surface area (Å²) < 4.78 is 44.3. The number of aromatic nitrogens is 3. The number of aryl methyl sites for hydroxylation is 1. The van der Waals surface area contributed by atoms with E-state index in [1.54, 1.807) is 19.1 Å². The summed E-state index contributed by atoms with van der Waals surface area (Å²) in [7, 11) is 1.35. The van der Waals surface area contributed by atoms with Gasteiger partial charge < -0.3 is 15.4 Å². The zero-order valence-electron chi connectivity index (χ0n) is 20.2. The van der Waals surface area contributed by atoms with Crippen LogP contribution in [0.2, 0.25) is 10.0 Å². The van der Waals surface area contributed by atoms with E-state index in [2.05, 4.69) is 20.7 Å². The number of alkyl halides is 3. The average molecular weight is 587 g/mol. The van der Waals surface area contributed by atoms with E-state index in [1.165, 1.54) is 31.5 Å². The lowest BCUT2D eigenvalue weighted by atomic mass is 10.1. The van der Waals surface area contributed by atoms with Crippen molar-refractivity contribution in [2.75, 3.05) is 25.6 Å². The predicted molar refractivity (Wildman–Crippen MR) is 132 cm³/mol. The normalized spacial score (nSPS) is 15.4. The number of methoxy groups -OCH3 is 1. The van der Waals surface area contributed by atoms with E-state index < -0.39 is 43.1 Å². The average Bonchev–Trinajstić information content (AvgIpc) is 3.44. The second-order valence-corrected chi connectivity index (χ2v) is 9.05. The Balaban J connectivity index is 1.62. The third kappa shape index (κ3) is 6.24. The number of ether oxygens (including phenoxy) is 1. The van der Waals surface area contributed by atoms with Crippen LogP contribution in [0.3, 0.4) is 0 Å². The number of carbonyl (C=O) groups excluding carboxylic acids is 3. The smallest absolute Gasteiger partial charge is 0.408 e. The minimum atomic E-state index is -4.69. The van der Waals surface area contributed by atoms with E-state index in [0.29, 0.717) is 5.56 Å². The van der Waals surface area contributed by atoms with E-state index in [0.717, 1.165) is 4.68 Å². The van der Waals surface area contributed by atoms with Crippen LogP contribution >= 0.6 is 23.2 Å². The van der Waals surface area contributed by atoms with Crippen molar-refractivity contribution >= 4 is 46.6 Å². The maximum atomic E-state index is 13.4. The fourth-order valence-corrected chi connectivity index (χ4v) is 4.15. The van der Waals surface area contributed by atoms with Crippen LogP contribution in [-0.4, -0.2) is 70.0 Å². The second-order valence-electron chi connectivity index (χ2n) is 8.20. The Morgan fingerprint density at radius 2 is 1.97 bits per heavy atom. The molecule has 16 heteroatoms. The van der Waals surface area contributed by atoms with E-state index in [4.69, 9.17) is 32.8 Å². The fraction of sp³-hybridized carbons (Fsp3) is 0.261. The van der Waals surface area contributed by atoms with Crippen molar-refractivity contribution in [1.82, 2.24) is 25.1 Å². The predicted octanol–water partition coefficient (Wildman–Crippen LogP) is 3.58. The van der Waals surface area contributed by atoms with Gasteiger partial charge in [-0.15, -0.1) is 5.10 Å². The first kappa shape index (κ1) is 28.1. The first-order valence-corrected chi connectivity index (χ1v) is 11.8. The zero-order chi connectivity index (χ0) is 28.5. The molecule has 1 aromatic carbocycles. The van der Waals surface area contributed by atoms with Crippen LogP contribution in [0.4, 0.5) is 18.9 Å². The van der Waals surface area contributed by atoms with Crippen LogP contribution < -0.4 is 15.4 Å². The number of hydroxylamine groups is 2. The molecule has 0 radical (unpaired) electrons. The highest BCUT2D eigenvalue weighted by Crippen LogP contribution is 2.28. The van der Waals surface area contributed by atoms with Crippen molar-refractivity contribution in [3.05, 3.63) is 63.4 Å². The van der Waals surface area contributed by atoms with Gasteiger partial charge in [0.25, 0.3) is 17.7 Å². The van der Waals surface area contributed by atoms with E-state index in [-0.39, 0.29) is 43.8 Å². The molecule has 206 valence electrons. The summed E-state index contributed by atoms with van der Waals surface area (Å²) in [5.74, 6) is -2.47. The molecule has 1 unspecified atom stereocenters. The molecule has 3 aromatic rings. The highest BCUT2D eigenvalue weighted by atomic mass is 35.5. The lowest BCUT2D eigenvalue weighted by Gasteiger charge is -2.18. The number of nitrogens with one attached hydrogen (secondary N) is 2. The van der Waals surface area contributed by atoms with Crippen LogP contribution in [0.1, 0.15) is 26.4 Å². The lowest BCUT2D eigenvalue weighted by Crippen LogP contribution is -2.44. The third-order valence-corrected chi connectivity index (χ3v) is 5.93. The van der Waals surface area contributed by atoms with Gasteiger partial charge in [0.05, 0.1) is 23.4 Å². The Labute approximate surface area is 228 Å². The summed E-state index contributed by atoms with van der Waals surface area (Å²) in [6, 6.07) is 5.80. The highest BCUT2D eigenvalue weighted by molar-refractivity contribution is 6.32. The number of carbonyl (C=O) groups is 3. The summed E-state index contributed by atoms with van der Waals surface area (Å²) in [4.78, 5) is 47.8. The van der Waals surface area contributed by atoms with Crippen LogP contribution in [0.15, 0.2) is 36.5 Å². The van der Waals surface area contributed by atoms with Crippen molar-refractivity contribution in [2.24, 2.45) is 0 Å². The maximum absolute atomic E-state index is 13.4. The minimum absolute atomic E-state index is 0.0271. The molecule has 0 spiro atoms. The number of amides is 3. The second kappa shape index (κ2) is 11.1. The van der Waals surface area contributed by atoms with Crippen LogP contribution in [0.5, 0.6) is 5.88 Å². The van der Waals surface area contributed by atoms with Crippen LogP contribution in [0.25, 0.3) is 5.82 Å². The van der Waals surface area contributed by atoms with Gasteiger partial charge >= 0.3 is 6.18 Å². The molecule has 1 fully saturated rings. The number of rotatable bonds is 7. The van der Waals surface area contributed by atoms with Gasteiger partial charge in [-0.05, 0) is 36.8 Å². The monoisotopic (exact) mass is 586 g/mol. The lowest BCUT2D eigenvalue weighted by molar-refractivity contribution is -0.214. The van der Waals surface area contributed by atoms with Gasteiger partial charge in [-0.2, -0.15) is 13.2 Å². The first-order valence-electron chi connectivity index (χ1n) is 11.1. The Morgan fingerprint density at radius 1 is 1.23 bits per heavy atom. The summed E-state index contributed by atoms with van der Waals surface area (Å²) in [5.41, 5.74) is 0.210. The molecule has 2 N–H and O–H groups in total. The summed E-state index contributed by atoms with van der Waals surface area (Å²) >= 11 is 12.4. The summed E-state index contributed by atoms with van der Waals surface area (Å²) in [6.45, 7) is -0.570. The van der Waals surface area contributed by atoms with Crippen molar-refractivity contribution in [2.45, 2.75) is 19.1 Å². The Kier molecular flexibility index (Phi) is 7.99. The Morgan fingerprint density at radius 3 is 2.64 bits per heavy atom. The number of nitrogens with zero attached hydrogens (tertiary/aromatic N) is 4. The van der Waals surface area contributed by atoms with Crippen LogP contribution in [-0.2, 0) is 9.63 Å². The van der Waals surface area contributed by atoms with Crippen molar-refractivity contribution < 1.29 is 37.1 Å². The molecule has 39 heavy (non-hydrogen) atoms. The number of anilines is 1. The van der Waals surface area contributed by atoms with Crippen molar-refractivity contribution in [1.29, 1.82) is 0 Å². The van der Waals surface area contributed by atoms with Gasteiger partial charge in [-0.25, -0.2) is 14.7 Å². The molecule has 1 aliphatic heterocycles. The molecule has 0 saturated carbocycles. The van der Waals surface area contributed by atoms with Gasteiger partial charge in [0.15, 0.2) is 5.82 Å². The molecule has 0 aliphatic carbocycles. The quantitative estimate of drug-likeness (QED) is 0.433. The van der Waals surface area contributed by atoms with E-state index in [9.17, 15) is 27.6 Å². The van der Waals surface area contributed by atoms with Gasteiger partial charge in [0, 0.05) is 17.3 Å². The zero-order valence-corrected chi connectivity index (χ0v) is 21.7. The molecule has 3 heterocycles. The van der Waals surface area contributed by atoms with E-state index >= 15 is 0 Å². The summed E-state index contributed by atoms with van der Waals surface area (Å²) in [5, 5.41) is 9.60. The summed E-state index contributed by atoms with van der Waals surface area (Å²) in [6.07, 6.45) is -3.24. The number of halogens is 5. The molecular formula is C23H19Cl2F3N6O5. The topological polar surface area (TPSA) is 128 Å². The molecule has 2 aromatic heterocycles. The number of benzene rings is 1. The van der Waals surface area contributed by atoms with Crippen molar-refractivity contribution in [3.8, 4) is 11.7 Å². The maximum Gasteiger partial charge on any atom is 0.408 e. The van der Waals surface area contributed by atoms with Gasteiger partial charge in [-0.1, -0.05) is 23.2 Å². The molecule has 11 nitrogen and oxygen atoms in total. The standard InChI is InChI=1S/C23H19Cl2F3N6O5/c1-11-6-12(24)7-13(20(35)30-15-9-39-33(22(15)37)10-23(26,27)28)18(11)31-21(36)16-8-17(38-2)32-34(16)19-14(25)4-3-5-29-19/h3-8,15H,9-10H2,1-2H3,(H,30,35)(H,31,36). The van der Waals surface area contributed by atoms with Crippen LogP contribution in [0, 0.1) is 6.92 Å². The molecule has 4 rings (SSSR count). The molecule has 1 aliphatic rings. The Hall–Kier alpha value is -3.88. The highest BCUT2D eigenvalue weighted by Gasteiger charge is 2.41. The molecule has 3 amide bonds. The molecule has 1 saturated heterocycles. The first-order chi connectivity index (χ1) is 18.4. The van der Waals surface area contributed by atoms with Crippen molar-refractivity contribution in [3.63, 3.8) is 0 Å². The SMILES string of the molecule is COc1cc(C(=O)Nc2c(C)cc(Cl)cc2C(=O)NC2CON(CC(F)(F)F)C2=O)n(-c2ncccc2Cl)n1. The van der Waals surface area contributed by atoms with Gasteiger partial charge in [0.1, 0.15) is 24.9 Å². The van der Waals surface area contributed by atoms with Gasteiger partial charge in [-0.3, -0.25) is 19.2 Å².